The summed E-state index contributed by atoms with van der Waals surface area (Å²) in [7, 11) is 0. The summed E-state index contributed by atoms with van der Waals surface area (Å²) in [6.07, 6.45) is 5.39. The largest absolute Gasteiger partial charge is 0.337 e. The average molecular weight is 352 g/mol. The van der Waals surface area contributed by atoms with Gasteiger partial charge >= 0.3 is 0 Å². The third-order valence-corrected chi connectivity index (χ3v) is 5.06. The zero-order chi connectivity index (χ0) is 18.5. The number of piperazine rings is 1. The lowest BCUT2D eigenvalue weighted by Crippen LogP contribution is -2.47. The molecule has 1 aromatic carbocycles. The number of carbonyl (C=O) groups excluding carboxylic acids is 1. The molecule has 2 aromatic rings. The number of benzene rings is 1. The molecule has 138 valence electrons. The van der Waals surface area contributed by atoms with Crippen LogP contribution in [0.2, 0.25) is 0 Å². The van der Waals surface area contributed by atoms with Gasteiger partial charge in [0, 0.05) is 56.6 Å². The van der Waals surface area contributed by atoms with Gasteiger partial charge in [0.1, 0.15) is 0 Å². The highest BCUT2D eigenvalue weighted by atomic mass is 16.2. The number of nitrogens with zero attached hydrogens (tertiary/aromatic N) is 4. The summed E-state index contributed by atoms with van der Waals surface area (Å²) >= 11 is 0. The number of hydrogen-bond donors (Lipinski definition) is 0. The van der Waals surface area contributed by atoms with Gasteiger partial charge in [0.2, 0.25) is 5.91 Å². The van der Waals surface area contributed by atoms with E-state index in [0.717, 1.165) is 50.5 Å². The van der Waals surface area contributed by atoms with E-state index in [0.29, 0.717) is 0 Å². The molecule has 3 rings (SSSR count). The second-order valence-electron chi connectivity index (χ2n) is 6.92. The van der Waals surface area contributed by atoms with Crippen LogP contribution in [0.5, 0.6) is 0 Å². The molecule has 0 saturated carbocycles. The molecule has 5 nitrogen and oxygen atoms in total. The lowest BCUT2D eigenvalue weighted by atomic mass is 10.1. The lowest BCUT2D eigenvalue weighted by Gasteiger charge is -2.34. The Morgan fingerprint density at radius 3 is 2.42 bits per heavy atom. The van der Waals surface area contributed by atoms with Crippen molar-refractivity contribution in [2.75, 3.05) is 26.2 Å². The number of carbonyl (C=O) groups is 1. The average Bonchev–Trinajstić information content (AvgIpc) is 3.02. The van der Waals surface area contributed by atoms with Gasteiger partial charge in [-0.1, -0.05) is 29.8 Å². The first-order chi connectivity index (χ1) is 12.6. The van der Waals surface area contributed by atoms with Crippen LogP contribution in [-0.4, -0.2) is 51.7 Å². The van der Waals surface area contributed by atoms with Crippen LogP contribution in [0.15, 0.2) is 36.5 Å². The van der Waals surface area contributed by atoms with Gasteiger partial charge in [-0.3, -0.25) is 14.4 Å². The summed E-state index contributed by atoms with van der Waals surface area (Å²) in [5.41, 5.74) is 4.73. The molecular weight excluding hydrogens is 324 g/mol. The molecule has 1 aliphatic rings. The summed E-state index contributed by atoms with van der Waals surface area (Å²) in [5, 5.41) is 4.31. The minimum atomic E-state index is 0.0867. The normalized spacial score (nSPS) is 15.7. The SMILES string of the molecule is CCn1ncc(/C=C/C(=O)N2CCN(Cc3ccc(C)cc3)CC2)c1C. The van der Waals surface area contributed by atoms with Crippen molar-refractivity contribution in [1.29, 1.82) is 0 Å². The molecule has 1 aromatic heterocycles. The maximum atomic E-state index is 12.5. The lowest BCUT2D eigenvalue weighted by molar-refractivity contribution is -0.127. The monoisotopic (exact) mass is 352 g/mol. The highest BCUT2D eigenvalue weighted by Crippen LogP contribution is 2.12. The Hall–Kier alpha value is -2.40. The van der Waals surface area contributed by atoms with Gasteiger partial charge in [-0.2, -0.15) is 5.10 Å². The first-order valence-corrected chi connectivity index (χ1v) is 9.34. The van der Waals surface area contributed by atoms with Crippen molar-refractivity contribution in [3.8, 4) is 0 Å². The smallest absolute Gasteiger partial charge is 0.246 e. The molecule has 0 atom stereocenters. The second kappa shape index (κ2) is 8.32. The van der Waals surface area contributed by atoms with Crippen LogP contribution in [0.3, 0.4) is 0 Å². The van der Waals surface area contributed by atoms with E-state index in [1.165, 1.54) is 11.1 Å². The highest BCUT2D eigenvalue weighted by molar-refractivity contribution is 5.92. The fraction of sp³-hybridized carbons (Fsp3) is 0.429. The van der Waals surface area contributed by atoms with Gasteiger partial charge in [-0.15, -0.1) is 0 Å². The fourth-order valence-corrected chi connectivity index (χ4v) is 3.29. The third-order valence-electron chi connectivity index (χ3n) is 5.06. The van der Waals surface area contributed by atoms with Gasteiger partial charge in [-0.05, 0) is 32.4 Å². The van der Waals surface area contributed by atoms with E-state index in [1.54, 1.807) is 6.08 Å². The summed E-state index contributed by atoms with van der Waals surface area (Å²) < 4.78 is 1.94. The fourth-order valence-electron chi connectivity index (χ4n) is 3.29. The number of aryl methyl sites for hydroxylation is 2. The minimum Gasteiger partial charge on any atom is -0.337 e. The van der Waals surface area contributed by atoms with E-state index < -0.39 is 0 Å². The zero-order valence-electron chi connectivity index (χ0n) is 16.0. The molecule has 0 spiro atoms. The second-order valence-corrected chi connectivity index (χ2v) is 6.92. The van der Waals surface area contributed by atoms with E-state index in [1.807, 2.05) is 28.8 Å². The van der Waals surface area contributed by atoms with Crippen LogP contribution in [0.4, 0.5) is 0 Å². The van der Waals surface area contributed by atoms with Crippen molar-refractivity contribution in [2.24, 2.45) is 0 Å². The molecule has 0 unspecified atom stereocenters. The molecule has 1 fully saturated rings. The van der Waals surface area contributed by atoms with Gasteiger partial charge in [0.15, 0.2) is 0 Å². The van der Waals surface area contributed by atoms with Crippen molar-refractivity contribution in [1.82, 2.24) is 19.6 Å². The zero-order valence-corrected chi connectivity index (χ0v) is 16.0. The van der Waals surface area contributed by atoms with Crippen molar-refractivity contribution in [3.05, 3.63) is 58.9 Å². The molecule has 1 saturated heterocycles. The Labute approximate surface area is 155 Å². The van der Waals surface area contributed by atoms with Gasteiger partial charge < -0.3 is 4.90 Å². The molecular formula is C21H28N4O. The Morgan fingerprint density at radius 2 is 1.81 bits per heavy atom. The Morgan fingerprint density at radius 1 is 1.12 bits per heavy atom. The van der Waals surface area contributed by atoms with Crippen LogP contribution < -0.4 is 0 Å². The van der Waals surface area contributed by atoms with Crippen LogP contribution in [0.1, 0.15) is 29.3 Å². The van der Waals surface area contributed by atoms with Crippen LogP contribution in [0.25, 0.3) is 6.08 Å². The van der Waals surface area contributed by atoms with Crippen LogP contribution >= 0.6 is 0 Å². The van der Waals surface area contributed by atoms with E-state index >= 15 is 0 Å². The number of hydrogen-bond acceptors (Lipinski definition) is 3. The molecule has 0 radical (unpaired) electrons. The molecule has 0 N–H and O–H groups in total. The van der Waals surface area contributed by atoms with Gasteiger partial charge in [-0.25, -0.2) is 0 Å². The quantitative estimate of drug-likeness (QED) is 0.777. The molecule has 26 heavy (non-hydrogen) atoms. The van der Waals surface area contributed by atoms with E-state index in [-0.39, 0.29) is 5.91 Å². The first kappa shape index (κ1) is 18.4. The number of amides is 1. The van der Waals surface area contributed by atoms with Crippen molar-refractivity contribution >= 4 is 12.0 Å². The van der Waals surface area contributed by atoms with Gasteiger partial charge in [0.25, 0.3) is 0 Å². The summed E-state index contributed by atoms with van der Waals surface area (Å²) in [6, 6.07) is 8.69. The maximum absolute atomic E-state index is 12.5. The van der Waals surface area contributed by atoms with E-state index in [4.69, 9.17) is 0 Å². The molecule has 1 amide bonds. The van der Waals surface area contributed by atoms with Crippen molar-refractivity contribution in [3.63, 3.8) is 0 Å². The van der Waals surface area contributed by atoms with Crippen LogP contribution in [-0.2, 0) is 17.9 Å². The highest BCUT2D eigenvalue weighted by Gasteiger charge is 2.19. The van der Waals surface area contributed by atoms with E-state index in [2.05, 4.69) is 48.1 Å². The third kappa shape index (κ3) is 4.41. The molecule has 2 heterocycles. The van der Waals surface area contributed by atoms with Gasteiger partial charge in [0.05, 0.1) is 6.20 Å². The standard InChI is InChI=1S/C21H28N4O/c1-4-25-18(3)20(15-22-25)9-10-21(26)24-13-11-23(12-14-24)16-19-7-5-17(2)6-8-19/h5-10,15H,4,11-14,16H2,1-3H3/b10-9+. The summed E-state index contributed by atoms with van der Waals surface area (Å²) in [4.78, 5) is 16.8. The van der Waals surface area contributed by atoms with Crippen molar-refractivity contribution in [2.45, 2.75) is 33.9 Å². The van der Waals surface area contributed by atoms with E-state index in [9.17, 15) is 4.79 Å². The molecule has 1 aliphatic heterocycles. The predicted molar refractivity (Wildman–Crippen MR) is 105 cm³/mol. The minimum absolute atomic E-state index is 0.0867. The summed E-state index contributed by atoms with van der Waals surface area (Å²) in [6.45, 7) is 11.4. The van der Waals surface area contributed by atoms with Crippen LogP contribution in [0, 0.1) is 13.8 Å². The maximum Gasteiger partial charge on any atom is 0.246 e. The van der Waals surface area contributed by atoms with Crippen molar-refractivity contribution < 1.29 is 4.79 Å². The molecule has 0 aliphatic carbocycles. The number of rotatable bonds is 5. The Balaban J connectivity index is 1.50. The summed E-state index contributed by atoms with van der Waals surface area (Å²) in [5.74, 6) is 0.0867. The molecule has 5 heteroatoms. The Kier molecular flexibility index (Phi) is 5.89. The Bertz CT molecular complexity index is 768. The first-order valence-electron chi connectivity index (χ1n) is 9.34. The topological polar surface area (TPSA) is 41.4 Å². The number of aromatic nitrogens is 2. The predicted octanol–water partition coefficient (Wildman–Crippen LogP) is 2.88. The molecule has 0 bridgehead atoms.